The third-order valence-corrected chi connectivity index (χ3v) is 5.41. The quantitative estimate of drug-likeness (QED) is 0.582. The Labute approximate surface area is 192 Å². The van der Waals surface area contributed by atoms with Crippen LogP contribution in [0.1, 0.15) is 41.8 Å². The highest BCUT2D eigenvalue weighted by Crippen LogP contribution is 2.20. The van der Waals surface area contributed by atoms with Gasteiger partial charge < -0.3 is 15.5 Å². The van der Waals surface area contributed by atoms with Crippen LogP contribution in [0.2, 0.25) is 0 Å². The Morgan fingerprint density at radius 2 is 1.71 bits per heavy atom. The van der Waals surface area contributed by atoms with Crippen LogP contribution in [0, 0.1) is 19.8 Å². The molecule has 6 nitrogen and oxygen atoms in total. The van der Waals surface area contributed by atoms with Gasteiger partial charge in [0, 0.05) is 22.8 Å². The number of amides is 3. The van der Waals surface area contributed by atoms with Crippen molar-refractivity contribution in [3.63, 3.8) is 0 Å². The second-order valence-electron chi connectivity index (χ2n) is 8.17. The summed E-state index contributed by atoms with van der Waals surface area (Å²) in [4.78, 5) is 39.7. The minimum absolute atomic E-state index is 0.108. The maximum Gasteiger partial charge on any atom is 0.252 e. The lowest BCUT2D eigenvalue weighted by atomic mass is 10.0. The SMILES string of the molecule is Cc1cc(Br)ccc1NC(=O)CN(C)C(=O)C(CC(C)C)NC(=O)c1ccccc1C. The van der Waals surface area contributed by atoms with Crippen LogP contribution in [0.25, 0.3) is 0 Å². The van der Waals surface area contributed by atoms with Crippen LogP contribution in [0.3, 0.4) is 0 Å². The molecule has 0 radical (unpaired) electrons. The summed E-state index contributed by atoms with van der Waals surface area (Å²) < 4.78 is 0.927. The maximum absolute atomic E-state index is 13.1. The zero-order valence-electron chi connectivity index (χ0n) is 18.7. The Morgan fingerprint density at radius 3 is 2.32 bits per heavy atom. The predicted molar refractivity (Wildman–Crippen MR) is 127 cm³/mol. The normalized spacial score (nSPS) is 11.7. The van der Waals surface area contributed by atoms with Crippen LogP contribution in [0.15, 0.2) is 46.9 Å². The van der Waals surface area contributed by atoms with E-state index in [1.54, 1.807) is 19.2 Å². The number of benzene rings is 2. The van der Waals surface area contributed by atoms with E-state index in [-0.39, 0.29) is 30.2 Å². The van der Waals surface area contributed by atoms with E-state index < -0.39 is 6.04 Å². The van der Waals surface area contributed by atoms with Crippen LogP contribution >= 0.6 is 15.9 Å². The van der Waals surface area contributed by atoms with Gasteiger partial charge >= 0.3 is 0 Å². The van der Waals surface area contributed by atoms with Crippen molar-refractivity contribution in [2.75, 3.05) is 18.9 Å². The molecule has 0 aliphatic carbocycles. The molecule has 2 aromatic rings. The van der Waals surface area contributed by atoms with Crippen molar-refractivity contribution in [1.82, 2.24) is 10.2 Å². The van der Waals surface area contributed by atoms with Gasteiger partial charge in [-0.15, -0.1) is 0 Å². The summed E-state index contributed by atoms with van der Waals surface area (Å²) in [5.41, 5.74) is 2.99. The van der Waals surface area contributed by atoms with Gasteiger partial charge in [-0.25, -0.2) is 0 Å². The van der Waals surface area contributed by atoms with E-state index in [4.69, 9.17) is 0 Å². The summed E-state index contributed by atoms with van der Waals surface area (Å²) in [6.45, 7) is 7.62. The number of rotatable bonds is 8. The van der Waals surface area contributed by atoms with Crippen LogP contribution in [0.4, 0.5) is 5.69 Å². The Morgan fingerprint density at radius 1 is 1.03 bits per heavy atom. The number of hydrogen-bond acceptors (Lipinski definition) is 3. The van der Waals surface area contributed by atoms with Crippen molar-refractivity contribution in [1.29, 1.82) is 0 Å². The van der Waals surface area contributed by atoms with Gasteiger partial charge in [0.2, 0.25) is 11.8 Å². The zero-order valence-corrected chi connectivity index (χ0v) is 20.2. The van der Waals surface area contributed by atoms with E-state index in [0.717, 1.165) is 15.6 Å². The molecule has 2 N–H and O–H groups in total. The summed E-state index contributed by atoms with van der Waals surface area (Å²) in [5.74, 6) is -0.688. The summed E-state index contributed by atoms with van der Waals surface area (Å²) in [7, 11) is 1.57. The van der Waals surface area contributed by atoms with Crippen molar-refractivity contribution in [2.45, 2.75) is 40.2 Å². The molecule has 166 valence electrons. The van der Waals surface area contributed by atoms with Gasteiger partial charge in [-0.05, 0) is 61.6 Å². The molecule has 2 aromatic carbocycles. The van der Waals surface area contributed by atoms with Crippen molar-refractivity contribution < 1.29 is 14.4 Å². The number of halogens is 1. The average Bonchev–Trinajstić information content (AvgIpc) is 2.68. The summed E-state index contributed by atoms with van der Waals surface area (Å²) in [5, 5.41) is 5.69. The molecule has 7 heteroatoms. The number of nitrogens with one attached hydrogen (secondary N) is 2. The van der Waals surface area contributed by atoms with E-state index in [9.17, 15) is 14.4 Å². The molecule has 0 aliphatic heterocycles. The largest absolute Gasteiger partial charge is 0.340 e. The lowest BCUT2D eigenvalue weighted by Gasteiger charge is -2.26. The number of carbonyl (C=O) groups is 3. The topological polar surface area (TPSA) is 78.5 Å². The number of carbonyl (C=O) groups excluding carboxylic acids is 3. The third-order valence-electron chi connectivity index (χ3n) is 4.92. The van der Waals surface area contributed by atoms with Crippen molar-refractivity contribution in [2.24, 2.45) is 5.92 Å². The monoisotopic (exact) mass is 487 g/mol. The second-order valence-corrected chi connectivity index (χ2v) is 9.09. The molecule has 3 amide bonds. The molecule has 0 heterocycles. The number of hydrogen-bond donors (Lipinski definition) is 2. The fourth-order valence-electron chi connectivity index (χ4n) is 3.27. The van der Waals surface area contributed by atoms with E-state index in [1.807, 2.05) is 58.0 Å². The van der Waals surface area contributed by atoms with Crippen LogP contribution in [-0.2, 0) is 9.59 Å². The lowest BCUT2D eigenvalue weighted by Crippen LogP contribution is -2.49. The molecule has 0 fully saturated rings. The average molecular weight is 488 g/mol. The van der Waals surface area contributed by atoms with Crippen molar-refractivity contribution in [3.8, 4) is 0 Å². The first kappa shape index (κ1) is 24.6. The fraction of sp³-hybridized carbons (Fsp3) is 0.375. The Kier molecular flexibility index (Phi) is 8.80. The third kappa shape index (κ3) is 7.21. The highest BCUT2D eigenvalue weighted by Gasteiger charge is 2.27. The molecule has 0 saturated heterocycles. The minimum atomic E-state index is -0.709. The number of anilines is 1. The molecule has 0 bridgehead atoms. The first-order valence-electron chi connectivity index (χ1n) is 10.3. The molecule has 0 saturated carbocycles. The lowest BCUT2D eigenvalue weighted by molar-refractivity contribution is -0.135. The smallest absolute Gasteiger partial charge is 0.252 e. The maximum atomic E-state index is 13.1. The number of likely N-dealkylation sites (N-methyl/N-ethyl adjacent to an activating group) is 1. The first-order valence-corrected chi connectivity index (χ1v) is 11.0. The first-order chi connectivity index (χ1) is 14.6. The van der Waals surface area contributed by atoms with E-state index in [2.05, 4.69) is 26.6 Å². The highest BCUT2D eigenvalue weighted by atomic mass is 79.9. The highest BCUT2D eigenvalue weighted by molar-refractivity contribution is 9.10. The molecule has 0 aliphatic rings. The summed E-state index contributed by atoms with van der Waals surface area (Å²) >= 11 is 3.40. The van der Waals surface area contributed by atoms with E-state index >= 15 is 0 Å². The number of aryl methyl sites for hydroxylation is 2. The van der Waals surface area contributed by atoms with Gasteiger partial charge in [-0.1, -0.05) is 48.0 Å². The zero-order chi connectivity index (χ0) is 23.1. The molecule has 0 aromatic heterocycles. The van der Waals surface area contributed by atoms with Gasteiger partial charge in [0.15, 0.2) is 0 Å². The molecule has 31 heavy (non-hydrogen) atoms. The van der Waals surface area contributed by atoms with Gasteiger partial charge in [0.1, 0.15) is 6.04 Å². The Balaban J connectivity index is 2.06. The van der Waals surface area contributed by atoms with Gasteiger partial charge in [0.25, 0.3) is 5.91 Å². The standard InChI is InChI=1S/C24H30BrN3O3/c1-15(2)12-21(27-23(30)19-9-7-6-8-16(19)3)24(31)28(5)14-22(29)26-20-11-10-18(25)13-17(20)4/h6-11,13,15,21H,12,14H2,1-5H3,(H,26,29)(H,27,30). The Hall–Kier alpha value is -2.67. The fourth-order valence-corrected chi connectivity index (χ4v) is 3.75. The Bertz CT molecular complexity index is 959. The number of nitrogens with zero attached hydrogens (tertiary/aromatic N) is 1. The second kappa shape index (κ2) is 11.1. The summed E-state index contributed by atoms with van der Waals surface area (Å²) in [6.07, 6.45) is 0.480. The van der Waals surface area contributed by atoms with Crippen molar-refractivity contribution in [3.05, 3.63) is 63.6 Å². The van der Waals surface area contributed by atoms with Crippen LogP contribution in [0.5, 0.6) is 0 Å². The molecule has 1 atom stereocenters. The van der Waals surface area contributed by atoms with Crippen LogP contribution < -0.4 is 10.6 Å². The minimum Gasteiger partial charge on any atom is -0.340 e. The predicted octanol–water partition coefficient (Wildman–Crippen LogP) is 4.31. The van der Waals surface area contributed by atoms with Crippen molar-refractivity contribution >= 4 is 39.3 Å². The molecular weight excluding hydrogens is 458 g/mol. The molecule has 0 spiro atoms. The van der Waals surface area contributed by atoms with Gasteiger partial charge in [-0.2, -0.15) is 0 Å². The summed E-state index contributed by atoms with van der Waals surface area (Å²) in [6, 6.07) is 12.1. The molecule has 1 unspecified atom stereocenters. The van der Waals surface area contributed by atoms with Gasteiger partial charge in [-0.3, -0.25) is 14.4 Å². The van der Waals surface area contributed by atoms with Gasteiger partial charge in [0.05, 0.1) is 6.54 Å². The molecular formula is C24H30BrN3O3. The van der Waals surface area contributed by atoms with Crippen LogP contribution in [-0.4, -0.2) is 42.3 Å². The van der Waals surface area contributed by atoms with E-state index in [1.165, 1.54) is 4.90 Å². The molecule has 2 rings (SSSR count). The van der Waals surface area contributed by atoms with E-state index in [0.29, 0.717) is 17.7 Å².